The Kier molecular flexibility index (Phi) is 5.01. The first-order valence-electron chi connectivity index (χ1n) is 3.04. The van der Waals surface area contributed by atoms with E-state index in [-0.39, 0.29) is 0 Å². The van der Waals surface area contributed by atoms with Crippen LogP contribution < -0.4 is 0 Å². The lowest BCUT2D eigenvalue weighted by Gasteiger charge is -2.04. The summed E-state index contributed by atoms with van der Waals surface area (Å²) in [5.74, 6) is 0. The Balaban J connectivity index is 2.72. The normalized spacial score (nSPS) is 10.5. The Bertz CT molecular complexity index is 45.8. The van der Waals surface area contributed by atoms with Gasteiger partial charge in [0.05, 0.1) is 0 Å². The van der Waals surface area contributed by atoms with Crippen LogP contribution in [0.1, 0.15) is 26.2 Å². The minimum Gasteiger partial charge on any atom is -0.314 e. The quantitative estimate of drug-likeness (QED) is 0.446. The third-order valence-corrected chi connectivity index (χ3v) is 1.02. The lowest BCUT2D eigenvalue weighted by molar-refractivity contribution is -0.0455. The molecule has 1 N–H and O–H groups in total. The van der Waals surface area contributed by atoms with Crippen LogP contribution in [-0.2, 0) is 0 Å². The number of unbranched alkanes of at least 4 members (excludes halogenated alkanes) is 2. The Hall–Kier alpha value is -0.0800. The molecular weight excluding hydrogens is 102 g/mol. The van der Waals surface area contributed by atoms with Crippen molar-refractivity contribution in [3.8, 4) is 0 Å². The van der Waals surface area contributed by atoms with E-state index in [0.717, 1.165) is 11.5 Å². The number of rotatable bonds is 4. The van der Waals surface area contributed by atoms with E-state index in [1.165, 1.54) is 12.8 Å². The van der Waals surface area contributed by atoms with Crippen molar-refractivity contribution < 1.29 is 5.21 Å². The van der Waals surface area contributed by atoms with Gasteiger partial charge in [-0.25, -0.2) is 0 Å². The maximum absolute atomic E-state index is 8.50. The zero-order chi connectivity index (χ0) is 6.41. The third-order valence-electron chi connectivity index (χ3n) is 1.02. The van der Waals surface area contributed by atoms with Crippen LogP contribution in [0.15, 0.2) is 0 Å². The fourth-order valence-electron chi connectivity index (χ4n) is 0.544. The highest BCUT2D eigenvalue weighted by Crippen LogP contribution is 1.93. The summed E-state index contributed by atoms with van der Waals surface area (Å²) in [7, 11) is 3.30. The molecule has 2 heteroatoms. The van der Waals surface area contributed by atoms with Crippen molar-refractivity contribution in [2.24, 2.45) is 0 Å². The second kappa shape index (κ2) is 5.06. The van der Waals surface area contributed by atoms with Crippen molar-refractivity contribution in [3.63, 3.8) is 0 Å². The van der Waals surface area contributed by atoms with Crippen molar-refractivity contribution in [1.29, 1.82) is 0 Å². The van der Waals surface area contributed by atoms with Crippen LogP contribution in [0, 0.1) is 7.05 Å². The largest absolute Gasteiger partial charge is 0.314 e. The number of hydrogen-bond acceptors (Lipinski definition) is 2. The van der Waals surface area contributed by atoms with Crippen molar-refractivity contribution >= 4 is 0 Å². The summed E-state index contributed by atoms with van der Waals surface area (Å²) in [5.41, 5.74) is 0. The minimum absolute atomic E-state index is 0.688. The molecule has 0 aliphatic heterocycles. The van der Waals surface area contributed by atoms with Gasteiger partial charge in [-0.3, -0.25) is 0 Å². The third kappa shape index (κ3) is 5.92. The molecule has 49 valence electrons. The second-order valence-electron chi connectivity index (χ2n) is 1.94. The molecule has 1 radical (unpaired) electrons. The molecule has 0 aromatic rings. The van der Waals surface area contributed by atoms with Gasteiger partial charge in [-0.2, -0.15) is 5.06 Å². The van der Waals surface area contributed by atoms with Gasteiger partial charge < -0.3 is 5.21 Å². The fourth-order valence-corrected chi connectivity index (χ4v) is 0.544. The van der Waals surface area contributed by atoms with Gasteiger partial charge in [-0.15, -0.1) is 0 Å². The van der Waals surface area contributed by atoms with Crippen LogP contribution in [-0.4, -0.2) is 16.8 Å². The van der Waals surface area contributed by atoms with E-state index in [0.29, 0.717) is 6.54 Å². The summed E-state index contributed by atoms with van der Waals surface area (Å²) >= 11 is 0. The summed E-state index contributed by atoms with van der Waals surface area (Å²) < 4.78 is 0. The average molecular weight is 116 g/mol. The second-order valence-corrected chi connectivity index (χ2v) is 1.94. The van der Waals surface area contributed by atoms with E-state index in [4.69, 9.17) is 5.21 Å². The van der Waals surface area contributed by atoms with E-state index in [9.17, 15) is 0 Å². The van der Waals surface area contributed by atoms with Crippen molar-refractivity contribution in [3.05, 3.63) is 7.05 Å². The first-order chi connectivity index (χ1) is 3.77. The molecule has 0 saturated carbocycles. The molecule has 0 atom stereocenters. The topological polar surface area (TPSA) is 23.5 Å². The zero-order valence-corrected chi connectivity index (χ0v) is 5.43. The van der Waals surface area contributed by atoms with Gasteiger partial charge in [0.25, 0.3) is 0 Å². The standard InChI is InChI=1S/C6H14NO/c1-3-4-5-6-7(2)8/h8H,2-6H2,1H3. The highest BCUT2D eigenvalue weighted by molar-refractivity contribution is 4.41. The number of hydroxylamine groups is 2. The van der Waals surface area contributed by atoms with Crippen LogP contribution >= 0.6 is 0 Å². The monoisotopic (exact) mass is 116 g/mol. The van der Waals surface area contributed by atoms with E-state index in [1.54, 1.807) is 0 Å². The molecule has 0 bridgehead atoms. The van der Waals surface area contributed by atoms with Crippen LogP contribution in [0.2, 0.25) is 0 Å². The predicted octanol–water partition coefficient (Wildman–Crippen LogP) is 1.66. The first kappa shape index (κ1) is 7.92. The average Bonchev–Trinajstić information content (AvgIpc) is 1.66. The summed E-state index contributed by atoms with van der Waals surface area (Å²) in [5, 5.41) is 9.48. The maximum atomic E-state index is 8.50. The van der Waals surface area contributed by atoms with E-state index in [2.05, 4.69) is 14.0 Å². The smallest absolute Gasteiger partial charge is 0.0389 e. The molecule has 0 saturated heterocycles. The lowest BCUT2D eigenvalue weighted by atomic mass is 10.2. The molecule has 0 aromatic heterocycles. The predicted molar refractivity (Wildman–Crippen MR) is 33.4 cm³/mol. The van der Waals surface area contributed by atoms with Crippen molar-refractivity contribution in [2.75, 3.05) is 6.54 Å². The van der Waals surface area contributed by atoms with Crippen LogP contribution in [0.5, 0.6) is 0 Å². The van der Waals surface area contributed by atoms with E-state index < -0.39 is 0 Å². The highest BCUT2D eigenvalue weighted by Gasteiger charge is 1.88. The molecular formula is C6H14NO. The molecule has 0 fully saturated rings. The number of hydrogen-bond donors (Lipinski definition) is 1. The SMILES string of the molecule is [CH2]N(O)CCCCC. The van der Waals surface area contributed by atoms with Gasteiger partial charge in [0.15, 0.2) is 0 Å². The Morgan fingerprint density at radius 1 is 1.50 bits per heavy atom. The van der Waals surface area contributed by atoms with E-state index >= 15 is 0 Å². The van der Waals surface area contributed by atoms with Gasteiger partial charge in [0.1, 0.15) is 0 Å². The van der Waals surface area contributed by atoms with Gasteiger partial charge in [-0.05, 0) is 6.42 Å². The molecule has 2 nitrogen and oxygen atoms in total. The molecule has 8 heavy (non-hydrogen) atoms. The Labute approximate surface area is 51.1 Å². The number of nitrogens with zero attached hydrogens (tertiary/aromatic N) is 1. The van der Waals surface area contributed by atoms with Gasteiger partial charge in [0.2, 0.25) is 0 Å². The Morgan fingerprint density at radius 3 is 2.50 bits per heavy atom. The van der Waals surface area contributed by atoms with Gasteiger partial charge in [0, 0.05) is 13.6 Å². The fraction of sp³-hybridized carbons (Fsp3) is 0.833. The highest BCUT2D eigenvalue weighted by atomic mass is 16.5. The van der Waals surface area contributed by atoms with E-state index in [1.807, 2.05) is 0 Å². The molecule has 0 aromatic carbocycles. The molecule has 0 amide bonds. The van der Waals surface area contributed by atoms with Crippen LogP contribution in [0.25, 0.3) is 0 Å². The van der Waals surface area contributed by atoms with Gasteiger partial charge in [-0.1, -0.05) is 19.8 Å². The molecule has 0 aliphatic rings. The summed E-state index contributed by atoms with van der Waals surface area (Å²) in [6, 6.07) is 0. The summed E-state index contributed by atoms with van der Waals surface area (Å²) in [4.78, 5) is 0. The van der Waals surface area contributed by atoms with Gasteiger partial charge >= 0.3 is 0 Å². The van der Waals surface area contributed by atoms with Crippen molar-refractivity contribution in [1.82, 2.24) is 5.06 Å². The first-order valence-corrected chi connectivity index (χ1v) is 3.04. The van der Waals surface area contributed by atoms with Crippen LogP contribution in [0.4, 0.5) is 0 Å². The molecule has 0 aliphatic carbocycles. The summed E-state index contributed by atoms with van der Waals surface area (Å²) in [6.07, 6.45) is 3.40. The minimum atomic E-state index is 0.688. The summed E-state index contributed by atoms with van der Waals surface area (Å²) in [6.45, 7) is 2.82. The lowest BCUT2D eigenvalue weighted by Crippen LogP contribution is -2.10. The maximum Gasteiger partial charge on any atom is 0.0389 e. The zero-order valence-electron chi connectivity index (χ0n) is 5.43. The molecule has 0 heterocycles. The molecule has 0 rings (SSSR count). The Morgan fingerprint density at radius 2 is 2.12 bits per heavy atom. The molecule has 0 spiro atoms. The molecule has 0 unspecified atom stereocenters. The van der Waals surface area contributed by atoms with Crippen molar-refractivity contribution in [2.45, 2.75) is 26.2 Å². The van der Waals surface area contributed by atoms with Crippen LogP contribution in [0.3, 0.4) is 0 Å².